The fourth-order valence-electron chi connectivity index (χ4n) is 3.32. The van der Waals surface area contributed by atoms with Crippen LogP contribution in [0.4, 0.5) is 5.69 Å². The van der Waals surface area contributed by atoms with Gasteiger partial charge in [0.15, 0.2) is 0 Å². The largest absolute Gasteiger partial charge is 0.357 e. The zero-order chi connectivity index (χ0) is 23.9. The minimum absolute atomic E-state index is 0.0870. The molecule has 32 heavy (non-hydrogen) atoms. The van der Waals surface area contributed by atoms with E-state index in [9.17, 15) is 18.0 Å². The van der Waals surface area contributed by atoms with Gasteiger partial charge in [-0.25, -0.2) is 8.42 Å². The number of aryl methyl sites for hydroxylation is 1. The number of halogens is 1. The Hall–Kier alpha value is -2.58. The summed E-state index contributed by atoms with van der Waals surface area (Å²) >= 11 is 6.25. The molecule has 2 rings (SSSR count). The molecule has 174 valence electrons. The molecule has 1 N–H and O–H groups in total. The second-order valence-electron chi connectivity index (χ2n) is 7.68. The molecule has 0 aliphatic heterocycles. The summed E-state index contributed by atoms with van der Waals surface area (Å²) in [6, 6.07) is 13.6. The van der Waals surface area contributed by atoms with E-state index in [2.05, 4.69) is 5.32 Å². The number of sulfonamides is 1. The van der Waals surface area contributed by atoms with Gasteiger partial charge >= 0.3 is 0 Å². The Morgan fingerprint density at radius 2 is 1.72 bits per heavy atom. The predicted molar refractivity (Wildman–Crippen MR) is 128 cm³/mol. The summed E-state index contributed by atoms with van der Waals surface area (Å²) < 4.78 is 25.9. The summed E-state index contributed by atoms with van der Waals surface area (Å²) in [5.41, 5.74) is 2.31. The molecule has 0 saturated heterocycles. The molecule has 0 radical (unpaired) electrons. The van der Waals surface area contributed by atoms with Crippen molar-refractivity contribution >= 4 is 39.1 Å². The van der Waals surface area contributed by atoms with Gasteiger partial charge in [0.2, 0.25) is 21.8 Å². The van der Waals surface area contributed by atoms with Crippen LogP contribution in [0.5, 0.6) is 0 Å². The molecule has 2 aromatic rings. The first-order chi connectivity index (χ1) is 15.0. The highest BCUT2D eigenvalue weighted by Gasteiger charge is 2.26. The van der Waals surface area contributed by atoms with Crippen LogP contribution >= 0.6 is 11.6 Å². The van der Waals surface area contributed by atoms with E-state index in [0.29, 0.717) is 17.1 Å². The van der Waals surface area contributed by atoms with Crippen molar-refractivity contribution in [1.29, 1.82) is 0 Å². The lowest BCUT2D eigenvalue weighted by Crippen LogP contribution is -2.46. The zero-order valence-electron chi connectivity index (χ0n) is 18.8. The number of carbonyl (C=O) groups excluding carboxylic acids is 2. The highest BCUT2D eigenvalue weighted by atomic mass is 35.5. The third-order valence-electron chi connectivity index (χ3n) is 5.19. The van der Waals surface area contributed by atoms with Crippen molar-refractivity contribution in [1.82, 2.24) is 10.2 Å². The average molecular weight is 480 g/mol. The molecular formula is C23H30ClN3O4S. The number of hydrogen-bond acceptors (Lipinski definition) is 4. The van der Waals surface area contributed by atoms with Crippen LogP contribution in [-0.2, 0) is 26.2 Å². The Bertz CT molecular complexity index is 1040. The topological polar surface area (TPSA) is 86.8 Å². The molecule has 0 unspecified atom stereocenters. The first-order valence-electron chi connectivity index (χ1n) is 10.3. The van der Waals surface area contributed by atoms with Crippen molar-refractivity contribution in [2.24, 2.45) is 0 Å². The number of anilines is 1. The van der Waals surface area contributed by atoms with Crippen LogP contribution < -0.4 is 9.62 Å². The maximum atomic E-state index is 13.1. The predicted octanol–water partition coefficient (Wildman–Crippen LogP) is 3.36. The summed E-state index contributed by atoms with van der Waals surface area (Å²) in [5, 5.41) is 3.08. The highest BCUT2D eigenvalue weighted by molar-refractivity contribution is 7.92. The molecule has 1 atom stereocenters. The highest BCUT2D eigenvalue weighted by Crippen LogP contribution is 2.21. The fraction of sp³-hybridized carbons (Fsp3) is 0.391. The SMILES string of the molecule is CNC(=O)[C@H](C)N(Cc1ccccc1Cl)C(=O)CCCN(c1ccc(C)cc1)S(C)(=O)=O. The second-order valence-corrected chi connectivity index (χ2v) is 9.99. The fourth-order valence-corrected chi connectivity index (χ4v) is 4.48. The molecule has 7 nitrogen and oxygen atoms in total. The monoisotopic (exact) mass is 479 g/mol. The average Bonchev–Trinajstić information content (AvgIpc) is 2.75. The van der Waals surface area contributed by atoms with Crippen molar-refractivity contribution in [2.45, 2.75) is 39.3 Å². The van der Waals surface area contributed by atoms with E-state index in [-0.39, 0.29) is 31.3 Å². The molecule has 2 amide bonds. The number of hydrogen-bond donors (Lipinski definition) is 1. The Kier molecular flexibility index (Phi) is 9.09. The van der Waals surface area contributed by atoms with Crippen LogP contribution in [0.1, 0.15) is 30.9 Å². The Labute approximate surface area is 195 Å². The van der Waals surface area contributed by atoms with Gasteiger partial charge in [0, 0.05) is 31.6 Å². The second kappa shape index (κ2) is 11.3. The van der Waals surface area contributed by atoms with Crippen molar-refractivity contribution < 1.29 is 18.0 Å². The Morgan fingerprint density at radius 3 is 2.28 bits per heavy atom. The van der Waals surface area contributed by atoms with Crippen LogP contribution in [0.25, 0.3) is 0 Å². The Balaban J connectivity index is 2.14. The normalized spacial score (nSPS) is 12.2. The first kappa shape index (κ1) is 25.7. The van der Waals surface area contributed by atoms with E-state index < -0.39 is 16.1 Å². The molecule has 0 spiro atoms. The van der Waals surface area contributed by atoms with Gasteiger partial charge < -0.3 is 10.2 Å². The number of amides is 2. The molecule has 2 aromatic carbocycles. The smallest absolute Gasteiger partial charge is 0.242 e. The van der Waals surface area contributed by atoms with Gasteiger partial charge in [-0.1, -0.05) is 47.5 Å². The number of carbonyl (C=O) groups is 2. The standard InChI is InChI=1S/C23H30ClN3O4S/c1-17-11-13-20(14-12-17)27(32(4,30)31)15-7-10-22(28)26(18(2)23(29)25-3)16-19-8-5-6-9-21(19)24/h5-6,8-9,11-14,18H,7,10,15-16H2,1-4H3,(H,25,29)/t18-/m0/s1. The minimum atomic E-state index is -3.51. The van der Waals surface area contributed by atoms with Crippen LogP contribution in [0.15, 0.2) is 48.5 Å². The van der Waals surface area contributed by atoms with E-state index in [1.54, 1.807) is 31.2 Å². The molecule has 9 heteroatoms. The third kappa shape index (κ3) is 6.97. The summed E-state index contributed by atoms with van der Waals surface area (Å²) in [4.78, 5) is 26.8. The van der Waals surface area contributed by atoms with Crippen LogP contribution in [-0.4, -0.2) is 51.0 Å². The van der Waals surface area contributed by atoms with Crippen LogP contribution in [0, 0.1) is 6.92 Å². The lowest BCUT2D eigenvalue weighted by molar-refractivity contribution is -0.140. The Morgan fingerprint density at radius 1 is 1.09 bits per heavy atom. The van der Waals surface area contributed by atoms with Gasteiger partial charge in [-0.05, 0) is 44.0 Å². The van der Waals surface area contributed by atoms with Gasteiger partial charge in [0.05, 0.1) is 11.9 Å². The maximum Gasteiger partial charge on any atom is 0.242 e. The first-order valence-corrected chi connectivity index (χ1v) is 12.6. The summed E-state index contributed by atoms with van der Waals surface area (Å²) in [6.07, 6.45) is 1.54. The lowest BCUT2D eigenvalue weighted by atomic mass is 10.1. The van der Waals surface area contributed by atoms with E-state index in [4.69, 9.17) is 11.6 Å². The maximum absolute atomic E-state index is 13.1. The summed E-state index contributed by atoms with van der Waals surface area (Å²) in [7, 11) is -1.99. The summed E-state index contributed by atoms with van der Waals surface area (Å²) in [6.45, 7) is 3.92. The van der Waals surface area contributed by atoms with Crippen LogP contribution in [0.2, 0.25) is 5.02 Å². The van der Waals surface area contributed by atoms with Crippen molar-refractivity contribution in [2.75, 3.05) is 24.2 Å². The van der Waals surface area contributed by atoms with Crippen molar-refractivity contribution in [3.63, 3.8) is 0 Å². The molecule has 0 heterocycles. The van der Waals surface area contributed by atoms with Crippen molar-refractivity contribution in [3.8, 4) is 0 Å². The molecular weight excluding hydrogens is 450 g/mol. The molecule has 0 fully saturated rings. The summed E-state index contributed by atoms with van der Waals surface area (Å²) in [5.74, 6) is -0.541. The number of likely N-dealkylation sites (N-methyl/N-ethyl adjacent to an activating group) is 1. The quantitative estimate of drug-likeness (QED) is 0.566. The zero-order valence-corrected chi connectivity index (χ0v) is 20.4. The minimum Gasteiger partial charge on any atom is -0.357 e. The molecule has 0 bridgehead atoms. The van der Waals surface area contributed by atoms with Gasteiger partial charge in [0.25, 0.3) is 0 Å². The van der Waals surface area contributed by atoms with E-state index >= 15 is 0 Å². The van der Waals surface area contributed by atoms with Crippen molar-refractivity contribution in [3.05, 3.63) is 64.7 Å². The molecule has 0 aliphatic carbocycles. The van der Waals surface area contributed by atoms with Gasteiger partial charge in [-0.2, -0.15) is 0 Å². The van der Waals surface area contributed by atoms with Gasteiger partial charge in [-0.3, -0.25) is 13.9 Å². The molecule has 0 aliphatic rings. The number of rotatable bonds is 10. The third-order valence-corrected chi connectivity index (χ3v) is 6.75. The number of benzene rings is 2. The van der Waals surface area contributed by atoms with E-state index in [0.717, 1.165) is 17.4 Å². The van der Waals surface area contributed by atoms with Crippen LogP contribution in [0.3, 0.4) is 0 Å². The number of nitrogens with one attached hydrogen (secondary N) is 1. The van der Waals surface area contributed by atoms with Gasteiger partial charge in [0.1, 0.15) is 6.04 Å². The lowest BCUT2D eigenvalue weighted by Gasteiger charge is -2.29. The van der Waals surface area contributed by atoms with E-state index in [1.807, 2.05) is 31.2 Å². The van der Waals surface area contributed by atoms with Gasteiger partial charge in [-0.15, -0.1) is 0 Å². The molecule has 0 saturated carbocycles. The number of nitrogens with zero attached hydrogens (tertiary/aromatic N) is 2. The molecule has 0 aromatic heterocycles. The van der Waals surface area contributed by atoms with E-state index in [1.165, 1.54) is 16.3 Å².